The monoisotopic (exact) mass is 177 g/mol. The number of rotatable bonds is 0. The predicted octanol–water partition coefficient (Wildman–Crippen LogP) is 3.31. The Balaban J connectivity index is 3.34. The average Bonchev–Trinajstić information content (AvgIpc) is 1.93. The molecule has 0 nitrogen and oxygen atoms in total. The van der Waals surface area contributed by atoms with E-state index in [9.17, 15) is 4.39 Å². The van der Waals surface area contributed by atoms with E-state index < -0.39 is 5.82 Å². The fourth-order valence-corrected chi connectivity index (χ4v) is 0.892. The third-order valence-electron chi connectivity index (χ3n) is 1.14. The molecule has 0 aliphatic heterocycles. The first-order chi connectivity index (χ1) is 4.63. The number of hydrogen-bond acceptors (Lipinski definition) is 0. The molecule has 0 aromatic heterocycles. The van der Waals surface area contributed by atoms with Crippen LogP contribution in [0.25, 0.3) is 0 Å². The Bertz CT molecular complexity index is 231. The highest BCUT2D eigenvalue weighted by molar-refractivity contribution is 6.33. The summed E-state index contributed by atoms with van der Waals surface area (Å²) < 4.78 is 12.7. The van der Waals surface area contributed by atoms with Gasteiger partial charge < -0.3 is 0 Å². The maximum atomic E-state index is 12.7. The predicted molar refractivity (Wildman–Crippen MR) is 40.9 cm³/mol. The van der Waals surface area contributed by atoms with Crippen LogP contribution >= 0.6 is 23.2 Å². The SMILES string of the molecule is [CH2]c1c(Cl)ccc(Cl)c1F. The summed E-state index contributed by atoms with van der Waals surface area (Å²) in [5.41, 5.74) is 0.147. The average molecular weight is 178 g/mol. The van der Waals surface area contributed by atoms with Gasteiger partial charge in [-0.2, -0.15) is 0 Å². The first-order valence-electron chi connectivity index (χ1n) is 2.58. The van der Waals surface area contributed by atoms with Crippen molar-refractivity contribution in [1.82, 2.24) is 0 Å². The minimum atomic E-state index is -0.547. The van der Waals surface area contributed by atoms with E-state index in [1.165, 1.54) is 12.1 Å². The molecule has 0 atom stereocenters. The van der Waals surface area contributed by atoms with E-state index in [2.05, 4.69) is 6.92 Å². The summed E-state index contributed by atoms with van der Waals surface area (Å²) in [5.74, 6) is -0.547. The van der Waals surface area contributed by atoms with Gasteiger partial charge in [-0.05, 0) is 19.1 Å². The molecule has 0 saturated heterocycles. The number of halogens is 3. The summed E-state index contributed by atoms with van der Waals surface area (Å²) >= 11 is 10.9. The van der Waals surface area contributed by atoms with E-state index in [0.29, 0.717) is 5.02 Å². The number of benzene rings is 1. The third kappa shape index (κ3) is 1.25. The molecule has 0 aliphatic carbocycles. The highest BCUT2D eigenvalue weighted by Gasteiger charge is 2.05. The van der Waals surface area contributed by atoms with Gasteiger partial charge in [0.1, 0.15) is 5.82 Å². The molecule has 0 spiro atoms. The molecule has 0 fully saturated rings. The van der Waals surface area contributed by atoms with Crippen LogP contribution in [0.3, 0.4) is 0 Å². The zero-order valence-corrected chi connectivity index (χ0v) is 6.51. The van der Waals surface area contributed by atoms with Crippen molar-refractivity contribution < 1.29 is 4.39 Å². The largest absolute Gasteiger partial charge is 0.205 e. The van der Waals surface area contributed by atoms with Crippen molar-refractivity contribution in [2.75, 3.05) is 0 Å². The van der Waals surface area contributed by atoms with Crippen molar-refractivity contribution in [1.29, 1.82) is 0 Å². The van der Waals surface area contributed by atoms with Gasteiger partial charge in [-0.1, -0.05) is 23.2 Å². The van der Waals surface area contributed by atoms with Gasteiger partial charge in [0.15, 0.2) is 0 Å². The Morgan fingerprint density at radius 3 is 2.20 bits per heavy atom. The van der Waals surface area contributed by atoms with Gasteiger partial charge in [0, 0.05) is 10.6 Å². The summed E-state index contributed by atoms with van der Waals surface area (Å²) in [6.07, 6.45) is 0. The van der Waals surface area contributed by atoms with Gasteiger partial charge >= 0.3 is 0 Å². The lowest BCUT2D eigenvalue weighted by molar-refractivity contribution is 0.623. The fourth-order valence-electron chi connectivity index (χ4n) is 0.569. The first-order valence-corrected chi connectivity index (χ1v) is 3.34. The molecular formula is C7H4Cl2F. The van der Waals surface area contributed by atoms with Crippen molar-refractivity contribution in [2.24, 2.45) is 0 Å². The van der Waals surface area contributed by atoms with Crippen molar-refractivity contribution >= 4 is 23.2 Å². The summed E-state index contributed by atoms with van der Waals surface area (Å²) in [6, 6.07) is 2.91. The zero-order valence-electron chi connectivity index (χ0n) is 5.00. The maximum absolute atomic E-state index is 12.7. The Morgan fingerprint density at radius 2 is 1.70 bits per heavy atom. The molecule has 0 aliphatic rings. The summed E-state index contributed by atoms with van der Waals surface area (Å²) in [6.45, 7) is 3.39. The van der Waals surface area contributed by atoms with E-state index in [4.69, 9.17) is 23.2 Å². The van der Waals surface area contributed by atoms with Crippen LogP contribution < -0.4 is 0 Å². The number of hydrogen-bond donors (Lipinski definition) is 0. The molecule has 0 saturated carbocycles. The second-order valence-corrected chi connectivity index (χ2v) is 2.64. The Kier molecular flexibility index (Phi) is 2.17. The first kappa shape index (κ1) is 7.83. The standard InChI is InChI=1S/C7H4Cl2F/c1-4-5(8)2-3-6(9)7(4)10/h2-3H,1H2. The van der Waals surface area contributed by atoms with E-state index >= 15 is 0 Å². The molecule has 53 valence electrons. The van der Waals surface area contributed by atoms with E-state index in [1.54, 1.807) is 0 Å². The minimum absolute atomic E-state index is 0.0504. The van der Waals surface area contributed by atoms with Crippen molar-refractivity contribution in [3.8, 4) is 0 Å². The van der Waals surface area contributed by atoms with Gasteiger partial charge in [0.05, 0.1) is 5.02 Å². The van der Waals surface area contributed by atoms with E-state index in [0.717, 1.165) is 0 Å². The Labute approximate surface area is 68.6 Å². The Hall–Kier alpha value is -0.270. The molecule has 1 aromatic rings. The van der Waals surface area contributed by atoms with Crippen LogP contribution in [0.2, 0.25) is 10.0 Å². The van der Waals surface area contributed by atoms with Gasteiger partial charge in [0.25, 0.3) is 0 Å². The molecule has 0 unspecified atom stereocenters. The molecule has 3 heteroatoms. The molecule has 0 bridgehead atoms. The van der Waals surface area contributed by atoms with Crippen LogP contribution in [-0.2, 0) is 0 Å². The lowest BCUT2D eigenvalue weighted by atomic mass is 10.2. The normalized spacial score (nSPS) is 10.0. The van der Waals surface area contributed by atoms with Gasteiger partial charge in [-0.15, -0.1) is 0 Å². The molecular weight excluding hydrogens is 174 g/mol. The minimum Gasteiger partial charge on any atom is -0.205 e. The van der Waals surface area contributed by atoms with E-state index in [1.807, 2.05) is 0 Å². The van der Waals surface area contributed by atoms with Crippen molar-refractivity contribution in [2.45, 2.75) is 0 Å². The molecule has 10 heavy (non-hydrogen) atoms. The highest BCUT2D eigenvalue weighted by Crippen LogP contribution is 2.23. The van der Waals surface area contributed by atoms with Crippen LogP contribution in [0.1, 0.15) is 5.56 Å². The van der Waals surface area contributed by atoms with Gasteiger partial charge in [-0.25, -0.2) is 4.39 Å². The zero-order chi connectivity index (χ0) is 7.72. The fraction of sp³-hybridized carbons (Fsp3) is 0. The Morgan fingerprint density at radius 1 is 1.20 bits per heavy atom. The van der Waals surface area contributed by atoms with Crippen LogP contribution in [0.5, 0.6) is 0 Å². The molecule has 1 aromatic carbocycles. The topological polar surface area (TPSA) is 0 Å². The molecule has 1 radical (unpaired) electrons. The van der Waals surface area contributed by atoms with Gasteiger partial charge in [-0.3, -0.25) is 0 Å². The quantitative estimate of drug-likeness (QED) is 0.534. The molecule has 0 heterocycles. The third-order valence-corrected chi connectivity index (χ3v) is 1.78. The lowest BCUT2D eigenvalue weighted by Gasteiger charge is -1.99. The lowest BCUT2D eigenvalue weighted by Crippen LogP contribution is -1.83. The van der Waals surface area contributed by atoms with Crippen LogP contribution in [0, 0.1) is 12.7 Å². The molecule has 0 N–H and O–H groups in total. The highest BCUT2D eigenvalue weighted by atomic mass is 35.5. The summed E-state index contributed by atoms with van der Waals surface area (Å²) in [5, 5.41) is 0.344. The van der Waals surface area contributed by atoms with Gasteiger partial charge in [0.2, 0.25) is 0 Å². The van der Waals surface area contributed by atoms with Crippen molar-refractivity contribution in [3.05, 3.63) is 40.5 Å². The van der Waals surface area contributed by atoms with Crippen LogP contribution in [0.4, 0.5) is 4.39 Å². The van der Waals surface area contributed by atoms with Crippen LogP contribution in [0.15, 0.2) is 12.1 Å². The summed E-state index contributed by atoms with van der Waals surface area (Å²) in [7, 11) is 0. The van der Waals surface area contributed by atoms with Crippen LogP contribution in [-0.4, -0.2) is 0 Å². The van der Waals surface area contributed by atoms with E-state index in [-0.39, 0.29) is 10.6 Å². The smallest absolute Gasteiger partial charge is 0.146 e. The second kappa shape index (κ2) is 2.77. The maximum Gasteiger partial charge on any atom is 0.146 e. The second-order valence-electron chi connectivity index (χ2n) is 1.82. The molecule has 1 rings (SSSR count). The summed E-state index contributed by atoms with van der Waals surface area (Å²) in [4.78, 5) is 0. The van der Waals surface area contributed by atoms with Crippen molar-refractivity contribution in [3.63, 3.8) is 0 Å². The molecule has 0 amide bonds.